The highest BCUT2D eigenvalue weighted by molar-refractivity contribution is 8.00. The molecule has 6 amide bonds. The van der Waals surface area contributed by atoms with Gasteiger partial charge in [-0.05, 0) is 60.5 Å². The number of hydrogen-bond acceptors (Lipinski definition) is 8. The topological polar surface area (TPSA) is 202 Å². The molecule has 0 saturated carbocycles. The Morgan fingerprint density at radius 1 is 0.614 bits per heavy atom. The molecule has 2 aliphatic heterocycles. The Balaban J connectivity index is 1.77. The fourth-order valence-electron chi connectivity index (χ4n) is 7.28. The number of carbonyl (C=O) groups is 6. The number of aromatic amines is 1. The number of nitrogens with one attached hydrogen (secondary N) is 8. The SMILES string of the molecule is CC(C)CC[C@H]1NC(=O)[C@@H]2CSC(N2)[C@H](C(C)C)NC(=O)[C@@H](C(C)C)NC(=O)[C@H](C(C)C)NC(=O)[C@@H](CC(C)C)NC(=O)[C@H](Cc2c[nH]c3ccccc23)NC1=O. The zero-order valence-corrected chi connectivity index (χ0v) is 36.1. The molecule has 0 spiro atoms. The van der Waals surface area contributed by atoms with Gasteiger partial charge < -0.3 is 36.9 Å². The maximum Gasteiger partial charge on any atom is 0.243 e. The Kier molecular flexibility index (Phi) is 16.4. The van der Waals surface area contributed by atoms with Crippen LogP contribution in [-0.4, -0.2) is 93.8 Å². The van der Waals surface area contributed by atoms with Gasteiger partial charge in [-0.1, -0.05) is 87.4 Å². The van der Waals surface area contributed by atoms with Gasteiger partial charge in [0.2, 0.25) is 35.4 Å². The van der Waals surface area contributed by atoms with Gasteiger partial charge in [0.1, 0.15) is 30.2 Å². The lowest BCUT2D eigenvalue weighted by Gasteiger charge is -2.32. The van der Waals surface area contributed by atoms with Crippen molar-refractivity contribution < 1.29 is 28.8 Å². The molecule has 1 aromatic heterocycles. The number of fused-ring (bicyclic) bond motifs is 3. The molecule has 57 heavy (non-hydrogen) atoms. The van der Waals surface area contributed by atoms with Crippen LogP contribution < -0.4 is 37.2 Å². The Morgan fingerprint density at radius 3 is 1.79 bits per heavy atom. The molecule has 3 heterocycles. The molecule has 2 fully saturated rings. The predicted molar refractivity (Wildman–Crippen MR) is 225 cm³/mol. The van der Waals surface area contributed by atoms with E-state index in [0.29, 0.717) is 18.6 Å². The fourth-order valence-corrected chi connectivity index (χ4v) is 8.78. The molecule has 1 aromatic carbocycles. The summed E-state index contributed by atoms with van der Waals surface area (Å²) >= 11 is 1.51. The molecule has 8 N–H and O–H groups in total. The monoisotopic (exact) mass is 810 g/mol. The van der Waals surface area contributed by atoms with Crippen molar-refractivity contribution in [2.75, 3.05) is 5.75 Å². The van der Waals surface area contributed by atoms with Gasteiger partial charge in [-0.25, -0.2) is 0 Å². The molecule has 2 saturated heterocycles. The third-order valence-corrected chi connectivity index (χ3v) is 12.0. The van der Waals surface area contributed by atoms with Gasteiger partial charge in [-0.3, -0.25) is 34.1 Å². The van der Waals surface area contributed by atoms with Gasteiger partial charge in [0.15, 0.2) is 0 Å². The Labute approximate surface area is 342 Å². The van der Waals surface area contributed by atoms with Crippen LogP contribution in [0.5, 0.6) is 0 Å². The third kappa shape index (κ3) is 12.4. The minimum absolute atomic E-state index is 0.0239. The molecule has 1 unspecified atom stereocenters. The van der Waals surface area contributed by atoms with E-state index in [2.05, 4.69) is 42.2 Å². The van der Waals surface area contributed by atoms with Gasteiger partial charge in [-0.2, -0.15) is 0 Å². The number of benzene rings is 1. The number of rotatable bonds is 10. The number of carbonyl (C=O) groups excluding carboxylic acids is 6. The van der Waals surface area contributed by atoms with Crippen molar-refractivity contribution in [1.82, 2.24) is 42.2 Å². The molecular weight excluding hydrogens is 745 g/mol. The number of hydrogen-bond donors (Lipinski definition) is 8. The van der Waals surface area contributed by atoms with Crippen molar-refractivity contribution in [2.45, 2.75) is 143 Å². The molecule has 4 rings (SSSR count). The zero-order chi connectivity index (χ0) is 42.1. The maximum absolute atomic E-state index is 14.4. The summed E-state index contributed by atoms with van der Waals surface area (Å²) in [5.41, 5.74) is 1.66. The first-order chi connectivity index (χ1) is 26.9. The van der Waals surface area contributed by atoms with Gasteiger partial charge in [-0.15, -0.1) is 11.8 Å². The standard InChI is InChI=1S/C42H66N8O6S/c1-21(2)15-16-29-36(51)46-31(18-26-19-43-28-14-12-11-13-27(26)28)37(52)45-30(17-22(3)4)38(53)48-33(23(5)6)40(55)49-34(24(7)8)41(56)50-35(25(9)10)42-47-32(20-57-42)39(54)44-29/h11-14,19,21-25,29-35,42-43,47H,15-18,20H2,1-10H3,(H,44,54)(H,45,52)(H,46,51)(H,48,53)(H,49,55)(H,50,56)/t29-,30-,31+,32+,33+,34-,35+,42?/m1/s1. The second-order valence-electron chi connectivity index (χ2n) is 17.6. The molecule has 2 aliphatic rings. The third-order valence-electron chi connectivity index (χ3n) is 10.7. The lowest BCUT2D eigenvalue weighted by molar-refractivity contribution is -0.136. The summed E-state index contributed by atoms with van der Waals surface area (Å²) < 4.78 is 0. The van der Waals surface area contributed by atoms with Crippen LogP contribution >= 0.6 is 11.8 Å². The van der Waals surface area contributed by atoms with Crippen LogP contribution in [0.3, 0.4) is 0 Å². The van der Waals surface area contributed by atoms with E-state index in [-0.39, 0.29) is 59.6 Å². The van der Waals surface area contributed by atoms with Crippen LogP contribution in [0.2, 0.25) is 0 Å². The predicted octanol–water partition coefficient (Wildman–Crippen LogP) is 3.11. The van der Waals surface area contributed by atoms with Gasteiger partial charge in [0.05, 0.1) is 17.5 Å². The molecule has 14 nitrogen and oxygen atoms in total. The Morgan fingerprint density at radius 2 is 1.18 bits per heavy atom. The highest BCUT2D eigenvalue weighted by Crippen LogP contribution is 2.26. The number of para-hydroxylation sites is 1. The molecule has 2 bridgehead atoms. The first kappa shape index (κ1) is 45.6. The largest absolute Gasteiger partial charge is 0.361 e. The fraction of sp³-hybridized carbons (Fsp3) is 0.667. The van der Waals surface area contributed by atoms with E-state index < -0.39 is 65.9 Å². The zero-order valence-electron chi connectivity index (χ0n) is 35.3. The van der Waals surface area contributed by atoms with Crippen LogP contribution in [0.25, 0.3) is 10.9 Å². The summed E-state index contributed by atoms with van der Waals surface area (Å²) in [5.74, 6) is -2.93. The minimum atomic E-state index is -1.11. The molecule has 8 atom stereocenters. The Hall–Kier alpha value is -4.11. The summed E-state index contributed by atoms with van der Waals surface area (Å²) in [6, 6.07) is 1.59. The van der Waals surface area contributed by atoms with Crippen molar-refractivity contribution in [3.05, 3.63) is 36.0 Å². The van der Waals surface area contributed by atoms with E-state index >= 15 is 0 Å². The first-order valence-electron chi connectivity index (χ1n) is 20.6. The van der Waals surface area contributed by atoms with Crippen molar-refractivity contribution in [3.8, 4) is 0 Å². The van der Waals surface area contributed by atoms with Crippen molar-refractivity contribution in [1.29, 1.82) is 0 Å². The van der Waals surface area contributed by atoms with E-state index in [1.807, 2.05) is 79.7 Å². The number of aromatic nitrogens is 1. The average Bonchev–Trinajstić information content (AvgIpc) is 3.79. The van der Waals surface area contributed by atoms with Crippen molar-refractivity contribution in [2.24, 2.45) is 29.6 Å². The second-order valence-corrected chi connectivity index (χ2v) is 18.7. The van der Waals surface area contributed by atoms with Crippen LogP contribution in [-0.2, 0) is 35.2 Å². The number of amides is 6. The van der Waals surface area contributed by atoms with E-state index in [4.69, 9.17) is 0 Å². The highest BCUT2D eigenvalue weighted by atomic mass is 32.2. The average molecular weight is 811 g/mol. The smallest absolute Gasteiger partial charge is 0.243 e. The normalized spacial score (nSPS) is 27.6. The molecule has 15 heteroatoms. The molecular formula is C42H66N8O6S. The molecule has 316 valence electrons. The van der Waals surface area contributed by atoms with E-state index in [1.54, 1.807) is 20.0 Å². The van der Waals surface area contributed by atoms with Crippen LogP contribution in [0, 0.1) is 29.6 Å². The summed E-state index contributed by atoms with van der Waals surface area (Å²) in [6.45, 7) is 19.2. The first-order valence-corrected chi connectivity index (χ1v) is 21.7. The van der Waals surface area contributed by atoms with E-state index in [0.717, 1.165) is 16.5 Å². The van der Waals surface area contributed by atoms with Crippen LogP contribution in [0.4, 0.5) is 0 Å². The van der Waals surface area contributed by atoms with Crippen molar-refractivity contribution >= 4 is 58.1 Å². The summed E-state index contributed by atoms with van der Waals surface area (Å²) in [5, 5.41) is 21.7. The minimum Gasteiger partial charge on any atom is -0.361 e. The second kappa shape index (κ2) is 20.5. The van der Waals surface area contributed by atoms with Crippen molar-refractivity contribution in [3.63, 3.8) is 0 Å². The number of H-pyrrole nitrogens is 1. The Bertz CT molecular complexity index is 1730. The quantitative estimate of drug-likeness (QED) is 0.179. The van der Waals surface area contributed by atoms with E-state index in [9.17, 15) is 28.8 Å². The molecule has 0 radical (unpaired) electrons. The van der Waals surface area contributed by atoms with Gasteiger partial charge in [0, 0.05) is 29.3 Å². The molecule has 2 aromatic rings. The lowest BCUT2D eigenvalue weighted by Crippen LogP contribution is -2.61. The molecule has 0 aliphatic carbocycles. The van der Waals surface area contributed by atoms with Gasteiger partial charge in [0.25, 0.3) is 0 Å². The van der Waals surface area contributed by atoms with Crippen LogP contribution in [0.15, 0.2) is 30.5 Å². The lowest BCUT2D eigenvalue weighted by atomic mass is 9.97. The maximum atomic E-state index is 14.4. The summed E-state index contributed by atoms with van der Waals surface area (Å²) in [7, 11) is 0. The number of thioether (sulfide) groups is 1. The highest BCUT2D eigenvalue weighted by Gasteiger charge is 2.40. The summed E-state index contributed by atoms with van der Waals surface area (Å²) in [6.07, 6.45) is 3.16. The summed E-state index contributed by atoms with van der Waals surface area (Å²) in [4.78, 5) is 87.8. The van der Waals surface area contributed by atoms with Crippen LogP contribution in [0.1, 0.15) is 94.1 Å². The van der Waals surface area contributed by atoms with Gasteiger partial charge >= 0.3 is 0 Å². The van der Waals surface area contributed by atoms with E-state index in [1.165, 1.54) is 11.8 Å².